The number of amides is 1. The van der Waals surface area contributed by atoms with E-state index < -0.39 is 0 Å². The summed E-state index contributed by atoms with van der Waals surface area (Å²) in [6.45, 7) is 9.82. The predicted octanol–water partition coefficient (Wildman–Crippen LogP) is 1.79. The highest BCUT2D eigenvalue weighted by molar-refractivity contribution is 6.30. The van der Waals surface area contributed by atoms with Crippen LogP contribution in [0.2, 0.25) is 5.02 Å². The first-order valence-corrected chi connectivity index (χ1v) is 9.99. The second-order valence-electron chi connectivity index (χ2n) is 7.82. The average Bonchev–Trinajstić information content (AvgIpc) is 2.64. The minimum absolute atomic E-state index is 0.0741. The summed E-state index contributed by atoms with van der Waals surface area (Å²) in [4.78, 5) is 18.6. The second-order valence-corrected chi connectivity index (χ2v) is 8.26. The fourth-order valence-electron chi connectivity index (χ4n) is 3.10. The number of benzene rings is 1. The summed E-state index contributed by atoms with van der Waals surface area (Å²) in [6.07, 6.45) is 0. The monoisotopic (exact) mass is 409 g/mol. The number of hydrogen-bond donors (Lipinski definition) is 3. The first kappa shape index (κ1) is 22.5. The number of morpholine rings is 1. The molecule has 0 saturated carbocycles. The van der Waals surface area contributed by atoms with Crippen molar-refractivity contribution in [2.75, 3.05) is 46.4 Å². The predicted molar refractivity (Wildman–Crippen MR) is 114 cm³/mol. The maximum atomic E-state index is 12.0. The largest absolute Gasteiger partial charge is 0.379 e. The summed E-state index contributed by atoms with van der Waals surface area (Å²) < 4.78 is 5.49. The number of ether oxygens (including phenoxy) is 1. The van der Waals surface area contributed by atoms with Crippen molar-refractivity contribution in [3.8, 4) is 0 Å². The topological polar surface area (TPSA) is 78.0 Å². The number of carbonyl (C=O) groups is 1. The molecular formula is C20H32ClN5O2. The van der Waals surface area contributed by atoms with Crippen LogP contribution >= 0.6 is 11.6 Å². The molecular weight excluding hydrogens is 378 g/mol. The number of nitrogens with zero attached hydrogens (tertiary/aromatic N) is 2. The molecule has 0 bridgehead atoms. The molecule has 8 heteroatoms. The molecule has 1 amide bonds. The number of aliphatic imine (C=N–C) groups is 1. The number of nitrogens with one attached hydrogen (secondary N) is 3. The average molecular weight is 410 g/mol. The Balaban J connectivity index is 1.98. The Morgan fingerprint density at radius 3 is 2.61 bits per heavy atom. The van der Waals surface area contributed by atoms with Gasteiger partial charge in [-0.05, 0) is 38.5 Å². The Hall–Kier alpha value is -1.83. The first-order valence-electron chi connectivity index (χ1n) is 9.61. The lowest BCUT2D eigenvalue weighted by Gasteiger charge is -2.35. The molecule has 0 aromatic heterocycles. The summed E-state index contributed by atoms with van der Waals surface area (Å²) in [6, 6.07) is 8.05. The van der Waals surface area contributed by atoms with Crippen LogP contribution in [0.5, 0.6) is 0 Å². The zero-order valence-corrected chi connectivity index (χ0v) is 18.0. The fourth-order valence-corrected chi connectivity index (χ4v) is 3.30. The van der Waals surface area contributed by atoms with Gasteiger partial charge in [0, 0.05) is 37.2 Å². The van der Waals surface area contributed by atoms with Gasteiger partial charge in [0.05, 0.1) is 25.8 Å². The minimum atomic E-state index is -0.260. The van der Waals surface area contributed by atoms with Gasteiger partial charge in [-0.1, -0.05) is 23.7 Å². The third-order valence-corrected chi connectivity index (χ3v) is 4.57. The number of hydrogen-bond acceptors (Lipinski definition) is 4. The molecule has 3 N–H and O–H groups in total. The van der Waals surface area contributed by atoms with Crippen molar-refractivity contribution in [3.05, 3.63) is 34.9 Å². The van der Waals surface area contributed by atoms with E-state index >= 15 is 0 Å². The van der Waals surface area contributed by atoms with E-state index in [1.807, 2.05) is 39.0 Å². The molecule has 0 radical (unpaired) electrons. The number of halogens is 1. The standard InChI is InChI=1S/C20H32ClN5O2/c1-20(2,3)25-18(27)14-24-19(22-4)23-13-17(26-8-10-28-11-9-26)15-6-5-7-16(21)12-15/h5-7,12,17H,8-11,13-14H2,1-4H3,(H,25,27)(H2,22,23,24). The molecule has 1 atom stereocenters. The maximum Gasteiger partial charge on any atom is 0.239 e. The summed E-state index contributed by atoms with van der Waals surface area (Å²) >= 11 is 6.21. The van der Waals surface area contributed by atoms with Gasteiger partial charge >= 0.3 is 0 Å². The molecule has 1 aliphatic heterocycles. The van der Waals surface area contributed by atoms with Crippen molar-refractivity contribution >= 4 is 23.5 Å². The van der Waals surface area contributed by atoms with Crippen LogP contribution in [0.15, 0.2) is 29.3 Å². The van der Waals surface area contributed by atoms with Crippen LogP contribution in [0, 0.1) is 0 Å². The van der Waals surface area contributed by atoms with Gasteiger partial charge in [-0.2, -0.15) is 0 Å². The molecule has 7 nitrogen and oxygen atoms in total. The molecule has 0 aliphatic carbocycles. The van der Waals surface area contributed by atoms with Crippen molar-refractivity contribution in [3.63, 3.8) is 0 Å². The van der Waals surface area contributed by atoms with Crippen molar-refractivity contribution < 1.29 is 9.53 Å². The van der Waals surface area contributed by atoms with Gasteiger partial charge in [0.2, 0.25) is 5.91 Å². The van der Waals surface area contributed by atoms with Crippen LogP contribution in [0.4, 0.5) is 0 Å². The lowest BCUT2D eigenvalue weighted by atomic mass is 10.0. The summed E-state index contributed by atoms with van der Waals surface area (Å²) in [5.41, 5.74) is 0.881. The Kier molecular flexibility index (Phi) is 8.54. The molecule has 1 aromatic carbocycles. The van der Waals surface area contributed by atoms with Crippen molar-refractivity contribution in [1.29, 1.82) is 0 Å². The Bertz CT molecular complexity index is 669. The molecule has 2 rings (SSSR count). The van der Waals surface area contributed by atoms with E-state index in [0.717, 1.165) is 36.9 Å². The lowest BCUT2D eigenvalue weighted by Crippen LogP contribution is -2.50. The number of rotatable bonds is 6. The van der Waals surface area contributed by atoms with Gasteiger partial charge in [0.15, 0.2) is 5.96 Å². The van der Waals surface area contributed by atoms with Crippen LogP contribution in [-0.4, -0.2) is 68.7 Å². The normalized spacial score (nSPS) is 17.1. The number of carbonyl (C=O) groups excluding carboxylic acids is 1. The van der Waals surface area contributed by atoms with Crippen LogP contribution in [-0.2, 0) is 9.53 Å². The van der Waals surface area contributed by atoms with Gasteiger partial charge in [-0.3, -0.25) is 14.7 Å². The van der Waals surface area contributed by atoms with Crippen LogP contribution in [0.1, 0.15) is 32.4 Å². The molecule has 1 fully saturated rings. The van der Waals surface area contributed by atoms with Gasteiger partial charge in [0.25, 0.3) is 0 Å². The third kappa shape index (κ3) is 7.66. The van der Waals surface area contributed by atoms with E-state index in [4.69, 9.17) is 16.3 Å². The highest BCUT2D eigenvalue weighted by Gasteiger charge is 2.23. The second kappa shape index (κ2) is 10.6. The Labute approximate surface area is 172 Å². The van der Waals surface area contributed by atoms with E-state index in [0.29, 0.717) is 12.5 Å². The SMILES string of the molecule is CN=C(NCC(=O)NC(C)(C)C)NCC(c1cccc(Cl)c1)N1CCOCC1. The molecule has 1 aliphatic rings. The minimum Gasteiger partial charge on any atom is -0.379 e. The molecule has 1 aromatic rings. The van der Waals surface area contributed by atoms with Crippen LogP contribution < -0.4 is 16.0 Å². The first-order chi connectivity index (χ1) is 13.3. The highest BCUT2D eigenvalue weighted by atomic mass is 35.5. The lowest BCUT2D eigenvalue weighted by molar-refractivity contribution is -0.121. The molecule has 1 saturated heterocycles. The van der Waals surface area contributed by atoms with Gasteiger partial charge in [0.1, 0.15) is 0 Å². The van der Waals surface area contributed by atoms with E-state index in [1.54, 1.807) is 7.05 Å². The smallest absolute Gasteiger partial charge is 0.239 e. The maximum absolute atomic E-state index is 12.0. The van der Waals surface area contributed by atoms with E-state index in [2.05, 4.69) is 31.9 Å². The summed E-state index contributed by atoms with van der Waals surface area (Å²) in [7, 11) is 1.69. The van der Waals surface area contributed by atoms with Gasteiger partial charge < -0.3 is 20.7 Å². The molecule has 156 valence electrons. The highest BCUT2D eigenvalue weighted by Crippen LogP contribution is 2.23. The van der Waals surface area contributed by atoms with Crippen molar-refractivity contribution in [2.45, 2.75) is 32.4 Å². The summed E-state index contributed by atoms with van der Waals surface area (Å²) in [5, 5.41) is 10.1. The Morgan fingerprint density at radius 1 is 1.29 bits per heavy atom. The zero-order chi connectivity index (χ0) is 20.6. The molecule has 0 spiro atoms. The van der Waals surface area contributed by atoms with Crippen molar-refractivity contribution in [2.24, 2.45) is 4.99 Å². The fraction of sp³-hybridized carbons (Fsp3) is 0.600. The van der Waals surface area contributed by atoms with E-state index in [1.165, 1.54) is 0 Å². The van der Waals surface area contributed by atoms with Crippen LogP contribution in [0.3, 0.4) is 0 Å². The number of guanidine groups is 1. The van der Waals surface area contributed by atoms with Crippen molar-refractivity contribution in [1.82, 2.24) is 20.9 Å². The van der Waals surface area contributed by atoms with E-state index in [9.17, 15) is 4.79 Å². The molecule has 1 heterocycles. The third-order valence-electron chi connectivity index (χ3n) is 4.34. The zero-order valence-electron chi connectivity index (χ0n) is 17.2. The van der Waals surface area contributed by atoms with Crippen LogP contribution in [0.25, 0.3) is 0 Å². The Morgan fingerprint density at radius 2 is 2.00 bits per heavy atom. The molecule has 1 unspecified atom stereocenters. The van der Waals surface area contributed by atoms with E-state index in [-0.39, 0.29) is 24.0 Å². The van der Waals surface area contributed by atoms with Gasteiger partial charge in [-0.15, -0.1) is 0 Å². The molecule has 28 heavy (non-hydrogen) atoms. The summed E-state index contributed by atoms with van der Waals surface area (Å²) in [5.74, 6) is 0.513. The van der Waals surface area contributed by atoms with Gasteiger partial charge in [-0.25, -0.2) is 0 Å². The quantitative estimate of drug-likeness (QED) is 0.493.